The molecule has 8 nitrogen and oxygen atoms in total. The highest BCUT2D eigenvalue weighted by Crippen LogP contribution is 2.35. The van der Waals surface area contributed by atoms with Gasteiger partial charge in [0.2, 0.25) is 6.79 Å². The molecule has 2 aliphatic heterocycles. The van der Waals surface area contributed by atoms with Crippen LogP contribution < -0.4 is 26.0 Å². The molecule has 2 aromatic carbocycles. The minimum Gasteiger partial charge on any atom is -0.454 e. The zero-order valence-electron chi connectivity index (χ0n) is 21.5. The molecule has 0 fully saturated rings. The molecule has 0 saturated heterocycles. The second-order valence-electron chi connectivity index (χ2n) is 9.65. The topological polar surface area (TPSA) is 88.6 Å². The number of rotatable bonds is 9. The van der Waals surface area contributed by atoms with Crippen LogP contribution >= 0.6 is 0 Å². The average Bonchev–Trinajstić information content (AvgIpc) is 3.37. The number of aromatic nitrogens is 2. The van der Waals surface area contributed by atoms with Crippen molar-refractivity contribution in [2.24, 2.45) is 0 Å². The molecule has 0 amide bonds. The van der Waals surface area contributed by atoms with Gasteiger partial charge >= 0.3 is 5.69 Å². The zero-order valence-corrected chi connectivity index (χ0v) is 21.5. The summed E-state index contributed by atoms with van der Waals surface area (Å²) >= 11 is 0. The van der Waals surface area contributed by atoms with Gasteiger partial charge in [-0.1, -0.05) is 25.1 Å². The Balaban J connectivity index is 1.11. The van der Waals surface area contributed by atoms with Crippen molar-refractivity contribution in [1.82, 2.24) is 14.5 Å². The predicted molar refractivity (Wildman–Crippen MR) is 146 cm³/mol. The molecule has 0 spiro atoms. The number of anilines is 2. The molecule has 8 heteroatoms. The second-order valence-corrected chi connectivity index (χ2v) is 9.65. The van der Waals surface area contributed by atoms with Crippen LogP contribution in [0.1, 0.15) is 42.9 Å². The smallest absolute Gasteiger partial charge is 0.329 e. The van der Waals surface area contributed by atoms with Gasteiger partial charge in [0.05, 0.1) is 0 Å². The quantitative estimate of drug-likeness (QED) is 0.421. The minimum absolute atomic E-state index is 0.289. The normalized spacial score (nSPS) is 15.0. The molecule has 0 aliphatic carbocycles. The molecule has 2 N–H and O–H groups in total. The standard InChI is InChI=1S/C29H34N4O4/c1-3-21-16-24(8-6-20(21)2)30-27-18-28(34)33(29(35)31-27)13-5-4-12-32-14-10-22(11-15-32)23-7-9-25-26(17-23)37-19-36-25/h6-10,16-18,30H,3-5,11-15,19H2,1-2H3,(H,31,35). The lowest BCUT2D eigenvalue weighted by Crippen LogP contribution is -2.35. The van der Waals surface area contributed by atoms with Gasteiger partial charge in [0.1, 0.15) is 5.82 Å². The molecule has 0 bridgehead atoms. The van der Waals surface area contributed by atoms with Gasteiger partial charge in [-0.05, 0) is 85.7 Å². The van der Waals surface area contributed by atoms with E-state index < -0.39 is 0 Å². The van der Waals surface area contributed by atoms with Crippen LogP contribution in [0.5, 0.6) is 11.5 Å². The fraction of sp³-hybridized carbons (Fsp3) is 0.379. The summed E-state index contributed by atoms with van der Waals surface area (Å²) in [4.78, 5) is 30.4. The van der Waals surface area contributed by atoms with Crippen molar-refractivity contribution in [3.63, 3.8) is 0 Å². The molecule has 1 aromatic heterocycles. The Morgan fingerprint density at radius 1 is 1.00 bits per heavy atom. The van der Waals surface area contributed by atoms with Crippen LogP contribution in [-0.2, 0) is 13.0 Å². The maximum atomic E-state index is 12.6. The Morgan fingerprint density at radius 2 is 1.84 bits per heavy atom. The molecule has 2 aliphatic rings. The lowest BCUT2D eigenvalue weighted by atomic mass is 9.99. The summed E-state index contributed by atoms with van der Waals surface area (Å²) in [6, 6.07) is 13.6. The van der Waals surface area contributed by atoms with Crippen molar-refractivity contribution in [1.29, 1.82) is 0 Å². The van der Waals surface area contributed by atoms with Gasteiger partial charge in [0, 0.05) is 31.4 Å². The summed E-state index contributed by atoms with van der Waals surface area (Å²) in [5.41, 5.74) is 5.16. The maximum absolute atomic E-state index is 12.6. The number of ether oxygens (including phenoxy) is 2. The Morgan fingerprint density at radius 3 is 2.62 bits per heavy atom. The first-order chi connectivity index (χ1) is 18.0. The Kier molecular flexibility index (Phi) is 7.46. The van der Waals surface area contributed by atoms with Crippen LogP contribution in [0.4, 0.5) is 11.5 Å². The van der Waals surface area contributed by atoms with Crippen LogP contribution in [0.2, 0.25) is 0 Å². The van der Waals surface area contributed by atoms with Gasteiger partial charge < -0.3 is 14.8 Å². The zero-order chi connectivity index (χ0) is 25.8. The third-order valence-electron chi connectivity index (χ3n) is 7.17. The Labute approximate surface area is 216 Å². The van der Waals surface area contributed by atoms with Crippen molar-refractivity contribution < 1.29 is 9.47 Å². The third kappa shape index (κ3) is 5.80. The number of hydrogen-bond acceptors (Lipinski definition) is 6. The highest BCUT2D eigenvalue weighted by atomic mass is 16.7. The maximum Gasteiger partial charge on any atom is 0.329 e. The number of hydrogen-bond donors (Lipinski definition) is 2. The lowest BCUT2D eigenvalue weighted by Gasteiger charge is -2.26. The summed E-state index contributed by atoms with van der Waals surface area (Å²) in [6.07, 6.45) is 5.87. The molecular weight excluding hydrogens is 468 g/mol. The van der Waals surface area contributed by atoms with E-state index in [-0.39, 0.29) is 18.0 Å². The van der Waals surface area contributed by atoms with Gasteiger partial charge in [0.15, 0.2) is 11.5 Å². The number of fused-ring (bicyclic) bond motifs is 1. The Hall–Kier alpha value is -3.78. The largest absolute Gasteiger partial charge is 0.454 e. The number of H-pyrrole nitrogens is 1. The van der Waals surface area contributed by atoms with E-state index >= 15 is 0 Å². The summed E-state index contributed by atoms with van der Waals surface area (Å²) in [5, 5.41) is 3.16. The summed E-state index contributed by atoms with van der Waals surface area (Å²) in [7, 11) is 0. The summed E-state index contributed by atoms with van der Waals surface area (Å²) in [5.74, 6) is 2.04. The van der Waals surface area contributed by atoms with Crippen LogP contribution in [0, 0.1) is 6.92 Å². The third-order valence-corrected chi connectivity index (χ3v) is 7.17. The second kappa shape index (κ2) is 11.1. The minimum atomic E-state index is -0.382. The molecule has 3 aromatic rings. The lowest BCUT2D eigenvalue weighted by molar-refractivity contribution is 0.174. The Bertz CT molecular complexity index is 1390. The number of nitrogens with zero attached hydrogens (tertiary/aromatic N) is 2. The van der Waals surface area contributed by atoms with E-state index in [0.29, 0.717) is 12.4 Å². The van der Waals surface area contributed by atoms with Crippen molar-refractivity contribution in [3.05, 3.63) is 86.1 Å². The highest BCUT2D eigenvalue weighted by Gasteiger charge is 2.17. The van der Waals surface area contributed by atoms with Crippen molar-refractivity contribution in [3.8, 4) is 11.5 Å². The van der Waals surface area contributed by atoms with Gasteiger partial charge in [-0.2, -0.15) is 0 Å². The van der Waals surface area contributed by atoms with E-state index in [2.05, 4.69) is 47.3 Å². The number of aromatic amines is 1. The first kappa shape index (κ1) is 24.9. The van der Waals surface area contributed by atoms with E-state index in [1.54, 1.807) is 0 Å². The van der Waals surface area contributed by atoms with E-state index in [1.807, 2.05) is 24.3 Å². The SMILES string of the molecule is CCc1cc(Nc2cc(=O)n(CCCCN3CC=C(c4ccc5c(c4)OCO5)CC3)c(=O)[nH]2)ccc1C. The first-order valence-electron chi connectivity index (χ1n) is 13.0. The highest BCUT2D eigenvalue weighted by molar-refractivity contribution is 5.69. The molecule has 0 unspecified atom stereocenters. The monoisotopic (exact) mass is 502 g/mol. The van der Waals surface area contributed by atoms with Crippen LogP contribution in [0.25, 0.3) is 5.57 Å². The summed E-state index contributed by atoms with van der Waals surface area (Å²) in [6.45, 7) is 7.69. The molecule has 0 saturated carbocycles. The van der Waals surface area contributed by atoms with Gasteiger partial charge in [0.25, 0.3) is 5.56 Å². The van der Waals surface area contributed by atoms with Crippen molar-refractivity contribution in [2.75, 3.05) is 31.7 Å². The number of nitrogens with one attached hydrogen (secondary N) is 2. The number of unbranched alkanes of at least 4 members (excludes halogenated alkanes) is 1. The molecule has 0 atom stereocenters. The predicted octanol–water partition coefficient (Wildman–Crippen LogP) is 4.45. The van der Waals surface area contributed by atoms with E-state index in [0.717, 1.165) is 62.5 Å². The average molecular weight is 503 g/mol. The summed E-state index contributed by atoms with van der Waals surface area (Å²) < 4.78 is 12.2. The molecular formula is C29H34N4O4. The fourth-order valence-electron chi connectivity index (χ4n) is 4.96. The molecule has 0 radical (unpaired) electrons. The van der Waals surface area contributed by atoms with Gasteiger partial charge in [-0.15, -0.1) is 0 Å². The molecule has 194 valence electrons. The van der Waals surface area contributed by atoms with Crippen LogP contribution in [-0.4, -0.2) is 40.9 Å². The van der Waals surface area contributed by atoms with Crippen LogP contribution in [0.15, 0.2) is 58.1 Å². The first-order valence-corrected chi connectivity index (χ1v) is 13.0. The van der Waals surface area contributed by atoms with E-state index in [4.69, 9.17) is 9.47 Å². The molecule has 37 heavy (non-hydrogen) atoms. The van der Waals surface area contributed by atoms with Crippen LogP contribution in [0.3, 0.4) is 0 Å². The van der Waals surface area contributed by atoms with E-state index in [9.17, 15) is 9.59 Å². The van der Waals surface area contributed by atoms with Gasteiger partial charge in [-0.3, -0.25) is 19.2 Å². The number of aryl methyl sites for hydroxylation is 2. The van der Waals surface area contributed by atoms with Crippen molar-refractivity contribution >= 4 is 17.1 Å². The van der Waals surface area contributed by atoms with Gasteiger partial charge in [-0.25, -0.2) is 4.79 Å². The molecule has 3 heterocycles. The van der Waals surface area contributed by atoms with E-state index in [1.165, 1.54) is 32.9 Å². The fourth-order valence-corrected chi connectivity index (χ4v) is 4.96. The van der Waals surface area contributed by atoms with Crippen molar-refractivity contribution in [2.45, 2.75) is 46.1 Å². The number of benzene rings is 2. The molecule has 5 rings (SSSR count).